The van der Waals surface area contributed by atoms with E-state index in [0.717, 1.165) is 40.1 Å². The van der Waals surface area contributed by atoms with Crippen LogP contribution in [0.3, 0.4) is 0 Å². The number of rotatable bonds is 12. The molecule has 0 saturated heterocycles. The molecule has 36 heavy (non-hydrogen) atoms. The number of nitrogens with zero attached hydrogens (tertiary/aromatic N) is 2. The van der Waals surface area contributed by atoms with Crippen LogP contribution in [0.2, 0.25) is 0 Å². The lowest BCUT2D eigenvalue weighted by molar-refractivity contribution is -0.119. The van der Waals surface area contributed by atoms with E-state index < -0.39 is 0 Å². The number of hydrogen-bond acceptors (Lipinski definition) is 5. The van der Waals surface area contributed by atoms with E-state index in [2.05, 4.69) is 48.7 Å². The molecular weight excluding hydrogens is 454 g/mol. The van der Waals surface area contributed by atoms with Gasteiger partial charge in [-0.1, -0.05) is 56.3 Å². The highest BCUT2D eigenvalue weighted by atomic mass is 16.5. The highest BCUT2D eigenvalue weighted by molar-refractivity contribution is 5.95. The quantitative estimate of drug-likeness (QED) is 0.199. The van der Waals surface area contributed by atoms with Gasteiger partial charge in [-0.25, -0.2) is 0 Å². The second kappa shape index (κ2) is 13.4. The largest absolute Gasteiger partial charge is 0.492 e. The first-order chi connectivity index (χ1) is 17.4. The van der Waals surface area contributed by atoms with E-state index in [4.69, 9.17) is 20.0 Å². The van der Waals surface area contributed by atoms with Crippen molar-refractivity contribution in [3.05, 3.63) is 71.5 Å². The van der Waals surface area contributed by atoms with E-state index >= 15 is 0 Å². The minimum absolute atomic E-state index is 0.0143. The van der Waals surface area contributed by atoms with Crippen LogP contribution in [0.25, 0.3) is 11.1 Å². The maximum absolute atomic E-state index is 12.4. The third-order valence-electron chi connectivity index (χ3n) is 5.89. The topological polar surface area (TPSA) is 101 Å². The summed E-state index contributed by atoms with van der Waals surface area (Å²) in [7, 11) is 3.29. The Labute approximate surface area is 213 Å². The molecule has 0 fully saturated rings. The average Bonchev–Trinajstić information content (AvgIpc) is 3.36. The van der Waals surface area contributed by atoms with Gasteiger partial charge in [0.15, 0.2) is 5.96 Å². The molecule has 3 rings (SSSR count). The fourth-order valence-electron chi connectivity index (χ4n) is 3.91. The number of aryl methyl sites for hydroxylation is 1. The number of ether oxygens (including phenoxy) is 2. The first-order valence-electron chi connectivity index (χ1n) is 12.3. The molecule has 1 amide bonds. The molecule has 1 heterocycles. The summed E-state index contributed by atoms with van der Waals surface area (Å²) < 4.78 is 13.6. The molecule has 0 aliphatic rings. The van der Waals surface area contributed by atoms with E-state index in [0.29, 0.717) is 32.1 Å². The van der Waals surface area contributed by atoms with E-state index in [9.17, 15) is 4.79 Å². The zero-order chi connectivity index (χ0) is 25.9. The van der Waals surface area contributed by atoms with Gasteiger partial charge in [0.25, 0.3) is 0 Å². The minimum Gasteiger partial charge on any atom is -0.492 e. The number of carbonyl (C=O) groups excluding carboxylic acids is 1. The van der Waals surface area contributed by atoms with Crippen molar-refractivity contribution in [3.8, 4) is 16.9 Å². The Balaban J connectivity index is 2.01. The predicted octanol–water partition coefficient (Wildman–Crippen LogP) is 4.34. The molecule has 0 aliphatic heterocycles. The fourth-order valence-corrected chi connectivity index (χ4v) is 3.91. The maximum atomic E-state index is 12.4. The van der Waals surface area contributed by atoms with Crippen molar-refractivity contribution in [2.75, 3.05) is 27.4 Å². The number of benzene rings is 2. The molecule has 8 heteroatoms. The van der Waals surface area contributed by atoms with Crippen molar-refractivity contribution >= 4 is 11.9 Å². The number of guanidine groups is 1. The molecule has 0 atom stereocenters. The Morgan fingerprint density at radius 2 is 1.89 bits per heavy atom. The number of carbonyl (C=O) groups is 1. The molecule has 0 spiro atoms. The van der Waals surface area contributed by atoms with E-state index in [1.54, 1.807) is 14.2 Å². The summed E-state index contributed by atoms with van der Waals surface area (Å²) in [6.45, 7) is 5.90. The zero-order valence-electron chi connectivity index (χ0n) is 21.6. The molecule has 0 unspecified atom stereocenters. The summed E-state index contributed by atoms with van der Waals surface area (Å²) in [5.74, 6) is 0.910. The number of methoxy groups -OCH3 is 1. The van der Waals surface area contributed by atoms with Crippen LogP contribution >= 0.6 is 0 Å². The summed E-state index contributed by atoms with van der Waals surface area (Å²) in [6.07, 6.45) is 3.52. The van der Waals surface area contributed by atoms with Gasteiger partial charge in [0.05, 0.1) is 18.8 Å². The second-order valence-corrected chi connectivity index (χ2v) is 8.91. The molecule has 192 valence electrons. The van der Waals surface area contributed by atoms with Gasteiger partial charge in [0.1, 0.15) is 5.75 Å². The zero-order valence-corrected chi connectivity index (χ0v) is 21.6. The Hall–Kier alpha value is -3.65. The summed E-state index contributed by atoms with van der Waals surface area (Å²) in [5, 5.41) is 17.6. The highest BCUT2D eigenvalue weighted by Gasteiger charge is 2.19. The van der Waals surface area contributed by atoms with Gasteiger partial charge in [0.2, 0.25) is 5.91 Å². The number of nitrogens with one attached hydrogen (secondary N) is 3. The summed E-state index contributed by atoms with van der Waals surface area (Å²) >= 11 is 0. The second-order valence-electron chi connectivity index (χ2n) is 8.91. The van der Waals surface area contributed by atoms with E-state index in [1.165, 1.54) is 0 Å². The smallest absolute Gasteiger partial charge is 0.226 e. The molecule has 2 aromatic carbocycles. The monoisotopic (exact) mass is 491 g/mol. The molecule has 1 aromatic heterocycles. The van der Waals surface area contributed by atoms with Crippen molar-refractivity contribution in [3.63, 3.8) is 0 Å². The standard InChI is InChI=1S/C28H37N5O3/c1-20(2)25-15-16-33(32-25)19-24-22(12-14-26(34)31-28(29)30-3)11-13-23(21-9-6-5-7-10-21)27(24)36-18-8-17-35-4/h5-7,9-11,13,15-16,20H,8,12,14,17-19H2,1-4H3,(H3,29,30,31,34). The number of aromatic nitrogens is 2. The van der Waals surface area contributed by atoms with Gasteiger partial charge in [-0.3, -0.25) is 20.2 Å². The number of amides is 1. The first kappa shape index (κ1) is 26.9. The van der Waals surface area contributed by atoms with Crippen LogP contribution in [0.4, 0.5) is 0 Å². The third kappa shape index (κ3) is 7.42. The fraction of sp³-hybridized carbons (Fsp3) is 0.393. The average molecular weight is 492 g/mol. The van der Waals surface area contributed by atoms with Crippen molar-refractivity contribution in [1.29, 1.82) is 5.41 Å². The summed E-state index contributed by atoms with van der Waals surface area (Å²) in [4.78, 5) is 12.4. The summed E-state index contributed by atoms with van der Waals surface area (Å²) in [6, 6.07) is 16.4. The molecule has 0 radical (unpaired) electrons. The van der Waals surface area contributed by atoms with Gasteiger partial charge < -0.3 is 14.8 Å². The Kier molecular flexibility index (Phi) is 10.1. The van der Waals surface area contributed by atoms with Crippen LogP contribution in [0.15, 0.2) is 54.7 Å². The van der Waals surface area contributed by atoms with Crippen molar-refractivity contribution in [2.45, 2.75) is 45.6 Å². The lowest BCUT2D eigenvalue weighted by Gasteiger charge is -2.20. The molecule has 3 N–H and O–H groups in total. The van der Waals surface area contributed by atoms with E-state index in [1.807, 2.05) is 35.1 Å². The molecule has 0 aliphatic carbocycles. The van der Waals surface area contributed by atoms with Crippen LogP contribution in [0.1, 0.15) is 49.4 Å². The molecular formula is C28H37N5O3. The molecule has 0 bridgehead atoms. The Morgan fingerprint density at radius 1 is 1.11 bits per heavy atom. The SMILES string of the molecule is CNC(=N)NC(=O)CCc1ccc(-c2ccccc2)c(OCCCOC)c1Cn1ccc(C(C)C)n1. The molecule has 3 aromatic rings. The van der Waals surface area contributed by atoms with Crippen molar-refractivity contribution in [2.24, 2.45) is 0 Å². The van der Waals surface area contributed by atoms with E-state index in [-0.39, 0.29) is 18.3 Å². The predicted molar refractivity (Wildman–Crippen MR) is 143 cm³/mol. The normalized spacial score (nSPS) is 10.9. The third-order valence-corrected chi connectivity index (χ3v) is 5.89. The van der Waals surface area contributed by atoms with Crippen LogP contribution < -0.4 is 15.4 Å². The van der Waals surface area contributed by atoms with Crippen LogP contribution in [0, 0.1) is 5.41 Å². The van der Waals surface area contributed by atoms with Crippen LogP contribution in [0.5, 0.6) is 5.75 Å². The van der Waals surface area contributed by atoms with Crippen LogP contribution in [-0.4, -0.2) is 49.0 Å². The van der Waals surface area contributed by atoms with Gasteiger partial charge >= 0.3 is 0 Å². The van der Waals surface area contributed by atoms with Gasteiger partial charge in [0, 0.05) is 50.9 Å². The first-order valence-corrected chi connectivity index (χ1v) is 12.3. The maximum Gasteiger partial charge on any atom is 0.226 e. The minimum atomic E-state index is -0.212. The Morgan fingerprint density at radius 3 is 2.56 bits per heavy atom. The number of hydrogen-bond donors (Lipinski definition) is 3. The molecule has 8 nitrogen and oxygen atoms in total. The van der Waals surface area contributed by atoms with Crippen LogP contribution in [-0.2, 0) is 22.5 Å². The Bertz CT molecular complexity index is 1140. The van der Waals surface area contributed by atoms with Gasteiger partial charge in [-0.05, 0) is 29.5 Å². The van der Waals surface area contributed by atoms with Gasteiger partial charge in [-0.15, -0.1) is 0 Å². The summed E-state index contributed by atoms with van der Waals surface area (Å²) in [5.41, 5.74) is 5.12. The lowest BCUT2D eigenvalue weighted by atomic mass is 9.94. The molecule has 0 saturated carbocycles. The van der Waals surface area contributed by atoms with Crippen molar-refractivity contribution in [1.82, 2.24) is 20.4 Å². The van der Waals surface area contributed by atoms with Crippen molar-refractivity contribution < 1.29 is 14.3 Å². The lowest BCUT2D eigenvalue weighted by Crippen LogP contribution is -2.38. The van der Waals surface area contributed by atoms with Gasteiger partial charge in [-0.2, -0.15) is 5.10 Å². The highest BCUT2D eigenvalue weighted by Crippen LogP contribution is 2.36.